The van der Waals surface area contributed by atoms with Gasteiger partial charge in [-0.2, -0.15) is 0 Å². The van der Waals surface area contributed by atoms with E-state index >= 15 is 0 Å². The molecule has 0 spiro atoms. The summed E-state index contributed by atoms with van der Waals surface area (Å²) >= 11 is 0. The van der Waals surface area contributed by atoms with Gasteiger partial charge in [0.15, 0.2) is 6.10 Å². The Balaban J connectivity index is 4.38. The molecule has 0 aromatic rings. The quantitative estimate of drug-likeness (QED) is 0.0261. The highest BCUT2D eigenvalue weighted by atomic mass is 16.6. The minimum atomic E-state index is -0.814. The number of carbonyl (C=O) groups excluding carboxylic acids is 3. The van der Waals surface area contributed by atoms with Crippen LogP contribution in [0.2, 0.25) is 0 Å². The van der Waals surface area contributed by atoms with E-state index in [0.29, 0.717) is 19.3 Å². The van der Waals surface area contributed by atoms with Gasteiger partial charge < -0.3 is 14.2 Å². The molecule has 0 heterocycles. The minimum absolute atomic E-state index is 0.103. The van der Waals surface area contributed by atoms with Crippen molar-refractivity contribution < 1.29 is 28.6 Å². The first-order chi connectivity index (χ1) is 41.0. The molecule has 472 valence electrons. The molecule has 0 aliphatic carbocycles. The smallest absolute Gasteiger partial charge is 0.306 e. The maximum Gasteiger partial charge on any atom is 0.306 e. The summed E-state index contributed by atoms with van der Waals surface area (Å²) in [6.07, 6.45) is 99.0. The molecule has 1 unspecified atom stereocenters. The Bertz CT molecular complexity index is 1750. The third-order valence-electron chi connectivity index (χ3n) is 14.6. The van der Waals surface area contributed by atoms with E-state index in [-0.39, 0.29) is 37.5 Å². The lowest BCUT2D eigenvalue weighted by Gasteiger charge is -2.18. The van der Waals surface area contributed by atoms with Gasteiger partial charge in [0.25, 0.3) is 0 Å². The molecule has 0 fully saturated rings. The summed E-state index contributed by atoms with van der Waals surface area (Å²) in [5.74, 6) is -0.956. The number of ether oxygens (including phenoxy) is 3. The largest absolute Gasteiger partial charge is 0.462 e. The predicted octanol–water partition coefficient (Wildman–Crippen LogP) is 24.1. The van der Waals surface area contributed by atoms with Crippen LogP contribution in [0.5, 0.6) is 0 Å². The summed E-state index contributed by atoms with van der Waals surface area (Å²) in [4.78, 5) is 38.4. The Labute approximate surface area is 513 Å². The van der Waals surface area contributed by atoms with E-state index in [0.717, 1.165) is 128 Å². The number of allylic oxidation sites excluding steroid dienone is 22. The first-order valence-electron chi connectivity index (χ1n) is 34.7. The van der Waals surface area contributed by atoms with Crippen LogP contribution in [-0.4, -0.2) is 37.2 Å². The van der Waals surface area contributed by atoms with E-state index in [1.807, 2.05) is 0 Å². The average Bonchev–Trinajstić information content (AvgIpc) is 3.49. The molecule has 0 radical (unpaired) electrons. The van der Waals surface area contributed by atoms with Crippen LogP contribution in [0.15, 0.2) is 134 Å². The van der Waals surface area contributed by atoms with Gasteiger partial charge in [-0.25, -0.2) is 0 Å². The molecule has 0 bridgehead atoms. The van der Waals surface area contributed by atoms with Crippen molar-refractivity contribution in [3.8, 4) is 0 Å². The molecule has 0 saturated heterocycles. The van der Waals surface area contributed by atoms with Crippen LogP contribution in [-0.2, 0) is 28.6 Å². The van der Waals surface area contributed by atoms with Crippen molar-refractivity contribution in [2.45, 2.75) is 322 Å². The maximum absolute atomic E-state index is 12.9. The highest BCUT2D eigenvalue weighted by Crippen LogP contribution is 2.16. The topological polar surface area (TPSA) is 78.9 Å². The van der Waals surface area contributed by atoms with E-state index in [2.05, 4.69) is 154 Å². The monoisotopic (exact) mass is 1150 g/mol. The number of hydrogen-bond donors (Lipinski definition) is 0. The first-order valence-corrected chi connectivity index (χ1v) is 34.7. The van der Waals surface area contributed by atoms with Gasteiger partial charge in [-0.3, -0.25) is 14.4 Å². The van der Waals surface area contributed by atoms with Crippen LogP contribution in [0.25, 0.3) is 0 Å². The molecular formula is C77H128O6. The molecule has 6 nitrogen and oxygen atoms in total. The van der Waals surface area contributed by atoms with Gasteiger partial charge >= 0.3 is 17.9 Å². The van der Waals surface area contributed by atoms with Crippen LogP contribution < -0.4 is 0 Å². The van der Waals surface area contributed by atoms with Crippen molar-refractivity contribution in [1.29, 1.82) is 0 Å². The van der Waals surface area contributed by atoms with Gasteiger partial charge in [0.05, 0.1) is 0 Å². The third kappa shape index (κ3) is 68.2. The summed E-state index contributed by atoms with van der Waals surface area (Å²) in [5, 5.41) is 0. The molecule has 0 amide bonds. The Morgan fingerprint density at radius 1 is 0.253 bits per heavy atom. The predicted molar refractivity (Wildman–Crippen MR) is 362 cm³/mol. The van der Waals surface area contributed by atoms with Gasteiger partial charge in [-0.15, -0.1) is 0 Å². The molecule has 1 atom stereocenters. The second kappa shape index (κ2) is 70.0. The van der Waals surface area contributed by atoms with Gasteiger partial charge in [0, 0.05) is 19.3 Å². The zero-order valence-corrected chi connectivity index (χ0v) is 54.2. The van der Waals surface area contributed by atoms with Crippen LogP contribution in [0.1, 0.15) is 316 Å². The summed E-state index contributed by atoms with van der Waals surface area (Å²) in [7, 11) is 0. The lowest BCUT2D eigenvalue weighted by molar-refractivity contribution is -0.167. The van der Waals surface area contributed by atoms with Crippen molar-refractivity contribution in [3.63, 3.8) is 0 Å². The lowest BCUT2D eigenvalue weighted by atomic mass is 10.0. The molecular weight excluding hydrogens is 1020 g/mol. The highest BCUT2D eigenvalue weighted by Gasteiger charge is 2.19. The summed E-state index contributed by atoms with van der Waals surface area (Å²) in [6.45, 7) is 6.46. The molecule has 0 aliphatic heterocycles. The zero-order valence-electron chi connectivity index (χ0n) is 54.2. The SMILES string of the molecule is CC/C=C\C/C=C\C/C=C\C/C=C\C/C=C\C/C=C\CCCCC(=O)OC(COC(=O)CCCCCCC/C=C\C/C=C\CCCCC)COC(=O)CCCCCCCCCCCCCCCC/C=C\C/C=C\C/C=C\CCCCCCC. The minimum Gasteiger partial charge on any atom is -0.462 e. The molecule has 0 rings (SSSR count). The van der Waals surface area contributed by atoms with Gasteiger partial charge in [-0.1, -0.05) is 289 Å². The Hall–Kier alpha value is -4.45. The Morgan fingerprint density at radius 3 is 0.783 bits per heavy atom. The summed E-state index contributed by atoms with van der Waals surface area (Å²) in [5.41, 5.74) is 0. The average molecular weight is 1150 g/mol. The number of esters is 3. The fraction of sp³-hybridized carbons (Fsp3) is 0.675. The van der Waals surface area contributed by atoms with E-state index in [4.69, 9.17) is 14.2 Å². The fourth-order valence-corrected chi connectivity index (χ4v) is 9.43. The van der Waals surface area contributed by atoms with Crippen molar-refractivity contribution in [1.82, 2.24) is 0 Å². The fourth-order valence-electron chi connectivity index (χ4n) is 9.43. The van der Waals surface area contributed by atoms with Crippen LogP contribution in [0.4, 0.5) is 0 Å². The van der Waals surface area contributed by atoms with Gasteiger partial charge in [0.2, 0.25) is 0 Å². The van der Waals surface area contributed by atoms with Crippen LogP contribution >= 0.6 is 0 Å². The molecule has 6 heteroatoms. The van der Waals surface area contributed by atoms with Crippen LogP contribution in [0.3, 0.4) is 0 Å². The van der Waals surface area contributed by atoms with Crippen molar-refractivity contribution in [2.24, 2.45) is 0 Å². The summed E-state index contributed by atoms with van der Waals surface area (Å²) < 4.78 is 16.9. The third-order valence-corrected chi connectivity index (χ3v) is 14.6. The molecule has 0 aromatic carbocycles. The second-order valence-corrected chi connectivity index (χ2v) is 22.7. The number of rotatable bonds is 62. The van der Waals surface area contributed by atoms with Gasteiger partial charge in [0.1, 0.15) is 13.2 Å². The molecule has 0 aromatic heterocycles. The standard InChI is InChI=1S/C77H128O6/c1-4-7-10-13-16-19-22-25-28-30-32-34-35-36-37-38-39-40-41-43-44-46-49-52-55-58-61-64-67-70-76(79)82-73-74(72-81-75(78)69-66-63-60-57-54-51-48-27-24-21-18-15-12-9-6-3)83-77(80)71-68-65-62-59-56-53-50-47-45-42-33-31-29-26-23-20-17-14-11-8-5-2/h8,11,17-18,20-22,25-27,29-30,32-33,35-36,42,47-48,50,56,59,74H,4-7,9-10,12-16,19,23-24,28,31,34,37-41,43-46,49,51-55,57-58,60-73H2,1-3H3/b11-8-,20-17-,21-18-,25-22-,29-26-,32-30-,36-35-,42-33-,48-27-,50-47-,59-56-. The van der Waals surface area contributed by atoms with E-state index < -0.39 is 6.10 Å². The van der Waals surface area contributed by atoms with E-state index in [9.17, 15) is 14.4 Å². The normalized spacial score (nSPS) is 13.0. The zero-order chi connectivity index (χ0) is 59.9. The molecule has 0 aliphatic rings. The molecule has 0 saturated carbocycles. The molecule has 83 heavy (non-hydrogen) atoms. The molecule has 0 N–H and O–H groups in total. The van der Waals surface area contributed by atoms with E-state index in [1.54, 1.807) is 0 Å². The first kappa shape index (κ1) is 78.5. The number of carbonyl (C=O) groups is 3. The van der Waals surface area contributed by atoms with Crippen LogP contribution in [0, 0.1) is 0 Å². The lowest BCUT2D eigenvalue weighted by Crippen LogP contribution is -2.30. The van der Waals surface area contributed by atoms with Crippen molar-refractivity contribution in [3.05, 3.63) is 134 Å². The summed E-state index contributed by atoms with van der Waals surface area (Å²) in [6, 6.07) is 0. The number of unbranched alkanes of at least 4 members (excludes halogenated alkanes) is 29. The Kier molecular flexibility index (Phi) is 66.3. The second-order valence-electron chi connectivity index (χ2n) is 22.7. The van der Waals surface area contributed by atoms with Crippen molar-refractivity contribution >= 4 is 17.9 Å². The van der Waals surface area contributed by atoms with Gasteiger partial charge in [-0.05, 0) is 141 Å². The van der Waals surface area contributed by atoms with Crippen molar-refractivity contribution in [2.75, 3.05) is 13.2 Å². The van der Waals surface area contributed by atoms with E-state index in [1.165, 1.54) is 141 Å². The Morgan fingerprint density at radius 2 is 0.470 bits per heavy atom. The highest BCUT2D eigenvalue weighted by molar-refractivity contribution is 5.71. The maximum atomic E-state index is 12.9. The number of hydrogen-bond acceptors (Lipinski definition) is 6.